The lowest BCUT2D eigenvalue weighted by molar-refractivity contribution is 0.640. The zero-order valence-electron chi connectivity index (χ0n) is 5.38. The molecule has 0 aromatic carbocycles. The van der Waals surface area contributed by atoms with Gasteiger partial charge in [-0.15, -0.1) is 0 Å². The number of hydrogen-bond acceptors (Lipinski definition) is 3. The topological polar surface area (TPSA) is 37.1 Å². The summed E-state index contributed by atoms with van der Waals surface area (Å²) in [6.07, 6.45) is 9.23. The van der Waals surface area contributed by atoms with Crippen molar-refractivity contribution in [2.24, 2.45) is 20.9 Å². The van der Waals surface area contributed by atoms with Crippen LogP contribution >= 0.6 is 0 Å². The third kappa shape index (κ3) is 0.795. The van der Waals surface area contributed by atoms with Crippen molar-refractivity contribution < 1.29 is 0 Å². The van der Waals surface area contributed by atoms with Crippen LogP contribution in [0.1, 0.15) is 0 Å². The summed E-state index contributed by atoms with van der Waals surface area (Å²) in [5.41, 5.74) is 0. The molecule has 0 saturated carbocycles. The van der Waals surface area contributed by atoms with E-state index in [0.29, 0.717) is 0 Å². The molecule has 50 valence electrons. The predicted molar refractivity (Wildman–Crippen MR) is 41.9 cm³/mol. The zero-order chi connectivity index (χ0) is 6.81. The molecule has 0 aromatic rings. The Morgan fingerprint density at radius 1 is 1.20 bits per heavy atom. The Hall–Kier alpha value is -1.25. The fraction of sp³-hybridized carbons (Fsp3) is 0.286. The van der Waals surface area contributed by atoms with E-state index in [4.69, 9.17) is 0 Å². The Morgan fingerprint density at radius 2 is 2.20 bits per heavy atom. The highest BCUT2D eigenvalue weighted by atomic mass is 15.1. The third-order valence-electron chi connectivity index (χ3n) is 1.55. The molecule has 2 heterocycles. The summed E-state index contributed by atoms with van der Waals surface area (Å²) >= 11 is 0. The molecule has 0 radical (unpaired) electrons. The minimum absolute atomic E-state index is 0.0579. The van der Waals surface area contributed by atoms with Gasteiger partial charge in [0.25, 0.3) is 0 Å². The van der Waals surface area contributed by atoms with Gasteiger partial charge in [0, 0.05) is 12.4 Å². The smallest absolute Gasteiger partial charge is 0.152 e. The minimum Gasteiger partial charge on any atom is -0.265 e. The molecule has 10 heavy (non-hydrogen) atoms. The van der Waals surface area contributed by atoms with E-state index in [9.17, 15) is 0 Å². The summed E-state index contributed by atoms with van der Waals surface area (Å²) in [5.74, 6) is 0.287. The van der Waals surface area contributed by atoms with Gasteiger partial charge in [-0.2, -0.15) is 0 Å². The first-order chi connectivity index (χ1) is 4.97. The normalized spacial score (nSPS) is 34.4. The van der Waals surface area contributed by atoms with Crippen LogP contribution in [0, 0.1) is 5.92 Å². The molecular weight excluding hydrogens is 126 g/mol. The second kappa shape index (κ2) is 2.17. The summed E-state index contributed by atoms with van der Waals surface area (Å²) in [6, 6.07) is 0. The number of fused-ring (bicyclic) bond motifs is 1. The first-order valence-electron chi connectivity index (χ1n) is 3.22. The number of rotatable bonds is 0. The van der Waals surface area contributed by atoms with Crippen LogP contribution < -0.4 is 0 Å². The van der Waals surface area contributed by atoms with E-state index < -0.39 is 0 Å². The predicted octanol–water partition coefficient (Wildman–Crippen LogP) is 0.682. The molecule has 3 heteroatoms. The molecule has 0 aromatic heterocycles. The van der Waals surface area contributed by atoms with Gasteiger partial charge in [-0.25, -0.2) is 9.98 Å². The number of hydrogen-bond donors (Lipinski definition) is 0. The number of aliphatic imine (C=N–C) groups is 3. The van der Waals surface area contributed by atoms with E-state index in [1.54, 1.807) is 12.6 Å². The van der Waals surface area contributed by atoms with E-state index in [1.807, 2.05) is 12.3 Å². The maximum Gasteiger partial charge on any atom is 0.152 e. The van der Waals surface area contributed by atoms with E-state index in [0.717, 1.165) is 0 Å². The first kappa shape index (κ1) is 5.53. The molecular formula is C7H7N3. The molecule has 0 amide bonds. The maximum absolute atomic E-state index is 4.15. The first-order valence-corrected chi connectivity index (χ1v) is 3.22. The second-order valence-corrected chi connectivity index (χ2v) is 2.24. The summed E-state index contributed by atoms with van der Waals surface area (Å²) in [6.45, 7) is 0. The van der Waals surface area contributed by atoms with Crippen molar-refractivity contribution in [3.63, 3.8) is 0 Å². The van der Waals surface area contributed by atoms with Gasteiger partial charge in [0.15, 0.2) is 6.17 Å². The minimum atomic E-state index is 0.0579. The van der Waals surface area contributed by atoms with Crippen LogP contribution in [0.25, 0.3) is 0 Å². The monoisotopic (exact) mass is 133 g/mol. The van der Waals surface area contributed by atoms with Gasteiger partial charge >= 0.3 is 0 Å². The van der Waals surface area contributed by atoms with Crippen LogP contribution in [0.4, 0.5) is 0 Å². The molecule has 2 aliphatic heterocycles. The van der Waals surface area contributed by atoms with E-state index >= 15 is 0 Å². The van der Waals surface area contributed by atoms with Gasteiger partial charge in [0.1, 0.15) is 6.34 Å². The van der Waals surface area contributed by atoms with Crippen molar-refractivity contribution in [2.75, 3.05) is 0 Å². The number of nitrogens with zero attached hydrogens (tertiary/aromatic N) is 3. The molecule has 0 spiro atoms. The van der Waals surface area contributed by atoms with Crippen molar-refractivity contribution in [2.45, 2.75) is 6.17 Å². The van der Waals surface area contributed by atoms with Crippen LogP contribution in [0.15, 0.2) is 27.1 Å². The van der Waals surface area contributed by atoms with Crippen LogP contribution in [0.5, 0.6) is 0 Å². The highest BCUT2D eigenvalue weighted by Gasteiger charge is 2.17. The number of dihydropyridines is 1. The number of allylic oxidation sites excluding steroid dienone is 1. The summed E-state index contributed by atoms with van der Waals surface area (Å²) < 4.78 is 0. The molecule has 0 N–H and O–H groups in total. The maximum atomic E-state index is 4.15. The molecule has 0 aliphatic carbocycles. The van der Waals surface area contributed by atoms with Gasteiger partial charge in [-0.3, -0.25) is 4.99 Å². The largest absolute Gasteiger partial charge is 0.265 e. The quantitative estimate of drug-likeness (QED) is 0.466. The lowest BCUT2D eigenvalue weighted by atomic mass is 10.1. The molecule has 2 unspecified atom stereocenters. The summed E-state index contributed by atoms with van der Waals surface area (Å²) in [5, 5.41) is 0. The van der Waals surface area contributed by atoms with Gasteiger partial charge in [0.2, 0.25) is 0 Å². The van der Waals surface area contributed by atoms with Gasteiger partial charge in [0.05, 0.1) is 5.92 Å². The lowest BCUT2D eigenvalue weighted by Gasteiger charge is -2.17. The zero-order valence-corrected chi connectivity index (χ0v) is 5.38. The molecule has 0 bridgehead atoms. The Kier molecular flexibility index (Phi) is 1.20. The second-order valence-electron chi connectivity index (χ2n) is 2.24. The van der Waals surface area contributed by atoms with Crippen molar-refractivity contribution in [3.05, 3.63) is 12.2 Å². The average molecular weight is 133 g/mol. The molecule has 0 saturated heterocycles. The Labute approximate surface area is 58.9 Å². The van der Waals surface area contributed by atoms with Crippen LogP contribution in [-0.2, 0) is 0 Å². The highest BCUT2D eigenvalue weighted by molar-refractivity contribution is 5.82. The van der Waals surface area contributed by atoms with E-state index in [-0.39, 0.29) is 12.1 Å². The molecule has 2 atom stereocenters. The van der Waals surface area contributed by atoms with Gasteiger partial charge in [-0.05, 0) is 6.08 Å². The molecule has 2 aliphatic rings. The average Bonchev–Trinajstić information content (AvgIpc) is 2.05. The fourth-order valence-corrected chi connectivity index (χ4v) is 1.02. The van der Waals surface area contributed by atoms with Crippen LogP contribution in [-0.4, -0.2) is 24.9 Å². The van der Waals surface area contributed by atoms with Crippen molar-refractivity contribution >= 4 is 18.8 Å². The molecule has 3 nitrogen and oxygen atoms in total. The van der Waals surface area contributed by atoms with Crippen molar-refractivity contribution in [3.8, 4) is 0 Å². The fourth-order valence-electron chi connectivity index (χ4n) is 1.02. The van der Waals surface area contributed by atoms with Crippen LogP contribution in [0.2, 0.25) is 0 Å². The third-order valence-corrected chi connectivity index (χ3v) is 1.55. The molecule has 2 rings (SSSR count). The van der Waals surface area contributed by atoms with Crippen LogP contribution in [0.3, 0.4) is 0 Å². The van der Waals surface area contributed by atoms with Gasteiger partial charge < -0.3 is 0 Å². The van der Waals surface area contributed by atoms with Gasteiger partial charge in [-0.1, -0.05) is 6.08 Å². The van der Waals surface area contributed by atoms with E-state index in [1.165, 1.54) is 0 Å². The highest BCUT2D eigenvalue weighted by Crippen LogP contribution is 2.13. The SMILES string of the molecule is C1=CC2C=NC=NC2N=C1. The Morgan fingerprint density at radius 3 is 3.10 bits per heavy atom. The standard InChI is InChI=1S/C7H7N3/c1-2-6-4-8-5-10-7(6)9-3-1/h1-7H. The Bertz CT molecular complexity index is 187. The lowest BCUT2D eigenvalue weighted by Crippen LogP contribution is -2.21. The molecule has 0 fully saturated rings. The summed E-state index contributed by atoms with van der Waals surface area (Å²) in [7, 11) is 0. The van der Waals surface area contributed by atoms with E-state index in [2.05, 4.69) is 21.1 Å². The van der Waals surface area contributed by atoms with Crippen molar-refractivity contribution in [1.29, 1.82) is 0 Å². The Balaban J connectivity index is 2.28. The summed E-state index contributed by atoms with van der Waals surface area (Å²) in [4.78, 5) is 12.1. The van der Waals surface area contributed by atoms with Crippen molar-refractivity contribution in [1.82, 2.24) is 0 Å².